The summed E-state index contributed by atoms with van der Waals surface area (Å²) in [6.07, 6.45) is 5.83. The number of nitrogens with two attached hydrogens (primary N) is 3. The molecule has 17 heteroatoms. The van der Waals surface area contributed by atoms with Crippen molar-refractivity contribution in [3.8, 4) is 0 Å². The molecular weight excluding hydrogens is 860 g/mol. The van der Waals surface area contributed by atoms with Crippen molar-refractivity contribution in [1.82, 2.24) is 19.2 Å². The molecule has 14 nitrogen and oxygen atoms in total. The van der Waals surface area contributed by atoms with Crippen LogP contribution in [0.5, 0.6) is 0 Å². The number of aromatic nitrogens is 4. The van der Waals surface area contributed by atoms with Gasteiger partial charge in [-0.2, -0.15) is 10.2 Å². The lowest BCUT2D eigenvalue weighted by Gasteiger charge is -2.26. The van der Waals surface area contributed by atoms with Crippen molar-refractivity contribution >= 4 is 72.0 Å². The number of anilines is 1. The predicted octanol–water partition coefficient (Wildman–Crippen LogP) is 5.33. The van der Waals surface area contributed by atoms with Crippen LogP contribution in [0.4, 0.5) is 5.69 Å². The zero-order valence-corrected chi connectivity index (χ0v) is 34.0. The van der Waals surface area contributed by atoms with Crippen molar-refractivity contribution in [3.05, 3.63) is 134 Å². The monoisotopic (exact) mass is 900 g/mol. The van der Waals surface area contributed by atoms with Crippen LogP contribution in [0.25, 0.3) is 11.0 Å². The first kappa shape index (κ1) is 43.3. The third-order valence-electron chi connectivity index (χ3n) is 8.29. The van der Waals surface area contributed by atoms with E-state index in [2.05, 4.69) is 47.4 Å². The molecule has 6 rings (SSSR count). The zero-order chi connectivity index (χ0) is 40.1. The Morgan fingerprint density at radius 2 is 1.25 bits per heavy atom. The number of aliphatic hydroxyl groups excluding tert-OH is 2. The first-order valence-electron chi connectivity index (χ1n) is 17.0. The summed E-state index contributed by atoms with van der Waals surface area (Å²) in [4.78, 5) is 22.8. The average molecular weight is 903 g/mol. The van der Waals surface area contributed by atoms with Gasteiger partial charge in [-0.25, -0.2) is 9.03 Å². The molecule has 0 unspecified atom stereocenters. The molecule has 292 valence electrons. The second kappa shape index (κ2) is 21.1. The van der Waals surface area contributed by atoms with Crippen molar-refractivity contribution < 1.29 is 29.3 Å². The van der Waals surface area contributed by atoms with Gasteiger partial charge >= 0.3 is 0 Å². The van der Waals surface area contributed by atoms with Gasteiger partial charge in [0.25, 0.3) is 11.8 Å². The number of halogens is 3. The van der Waals surface area contributed by atoms with Gasteiger partial charge in [0.2, 0.25) is 0 Å². The summed E-state index contributed by atoms with van der Waals surface area (Å²) in [6, 6.07) is 22.5. The third-order valence-corrected chi connectivity index (χ3v) is 9.56. The summed E-state index contributed by atoms with van der Waals surface area (Å²) in [5.74, 6) is -1.18. The Morgan fingerprint density at radius 1 is 0.782 bits per heavy atom. The highest BCUT2D eigenvalue weighted by atomic mass is 79.9. The molecule has 0 radical (unpaired) electrons. The molecular formula is C38H43Br2ClN8O6. The fourth-order valence-corrected chi connectivity index (χ4v) is 6.12. The molecule has 0 aliphatic heterocycles. The van der Waals surface area contributed by atoms with E-state index in [4.69, 9.17) is 43.4 Å². The topological polar surface area (TPSA) is 218 Å². The first-order valence-corrected chi connectivity index (χ1v) is 18.9. The molecule has 0 bridgehead atoms. The van der Waals surface area contributed by atoms with Crippen LogP contribution in [-0.2, 0) is 22.7 Å². The van der Waals surface area contributed by atoms with Crippen LogP contribution in [0.2, 0.25) is 5.02 Å². The van der Waals surface area contributed by atoms with Gasteiger partial charge in [-0.1, -0.05) is 72.3 Å². The number of ether oxygens (including phenoxy) is 2. The fraction of sp³-hybridized carbons (Fsp3) is 0.263. The number of carbonyl (C=O) groups excluding carboxylic acids is 2. The zero-order valence-electron chi connectivity index (χ0n) is 30.1. The predicted molar refractivity (Wildman–Crippen MR) is 219 cm³/mol. The maximum absolute atomic E-state index is 11.9. The number of primary amides is 2. The van der Waals surface area contributed by atoms with E-state index in [-0.39, 0.29) is 42.6 Å². The van der Waals surface area contributed by atoms with Crippen LogP contribution in [0.15, 0.2) is 107 Å². The molecule has 4 heterocycles. The van der Waals surface area contributed by atoms with Crippen molar-refractivity contribution in [2.24, 2.45) is 17.2 Å². The summed E-state index contributed by atoms with van der Waals surface area (Å²) in [7, 11) is 0. The molecule has 0 spiro atoms. The number of benzene rings is 2. The second-order valence-electron chi connectivity index (χ2n) is 12.3. The van der Waals surface area contributed by atoms with Crippen molar-refractivity contribution in [3.63, 3.8) is 0 Å². The lowest BCUT2D eigenvalue weighted by Crippen LogP contribution is -2.37. The van der Waals surface area contributed by atoms with Gasteiger partial charge in [0, 0.05) is 21.3 Å². The quantitative estimate of drug-likeness (QED) is 0.0826. The molecule has 0 saturated heterocycles. The van der Waals surface area contributed by atoms with Gasteiger partial charge in [0.15, 0.2) is 0 Å². The van der Waals surface area contributed by atoms with Crippen LogP contribution in [-0.4, -0.2) is 78.8 Å². The largest absolute Gasteiger partial charge is 0.395 e. The number of carbonyl (C=O) groups is 2. The number of amides is 2. The van der Waals surface area contributed by atoms with Gasteiger partial charge in [-0.15, -0.1) is 0 Å². The van der Waals surface area contributed by atoms with E-state index < -0.39 is 17.9 Å². The van der Waals surface area contributed by atoms with Crippen LogP contribution in [0.3, 0.4) is 0 Å². The smallest absolute Gasteiger partial charge is 0.252 e. The average Bonchev–Trinajstić information content (AvgIpc) is 3.77. The maximum Gasteiger partial charge on any atom is 0.252 e. The molecule has 4 atom stereocenters. The number of hydrogen-bond donors (Lipinski definition) is 6. The van der Waals surface area contributed by atoms with Gasteiger partial charge in [-0.3, -0.25) is 9.59 Å². The highest BCUT2D eigenvalue weighted by molar-refractivity contribution is 9.10. The van der Waals surface area contributed by atoms with Crippen LogP contribution < -0.4 is 22.5 Å². The molecule has 0 fully saturated rings. The maximum atomic E-state index is 11.9. The molecule has 0 saturated carbocycles. The molecule has 55 heavy (non-hydrogen) atoms. The molecule has 0 aliphatic rings. The summed E-state index contributed by atoms with van der Waals surface area (Å²) in [6.45, 7) is 4.47. The Labute approximate surface area is 339 Å². The molecule has 4 aromatic heterocycles. The minimum atomic E-state index is -0.598. The van der Waals surface area contributed by atoms with Crippen LogP contribution >= 0.6 is 43.5 Å². The van der Waals surface area contributed by atoms with Gasteiger partial charge in [0.05, 0.1) is 96.0 Å². The fourth-order valence-electron chi connectivity index (χ4n) is 5.02. The van der Waals surface area contributed by atoms with Gasteiger partial charge < -0.3 is 42.2 Å². The van der Waals surface area contributed by atoms with Crippen LogP contribution in [0.1, 0.15) is 45.7 Å². The molecule has 9 N–H and O–H groups in total. The lowest BCUT2D eigenvalue weighted by molar-refractivity contribution is 0.0224. The summed E-state index contributed by atoms with van der Waals surface area (Å²) in [5.41, 5.74) is 20.7. The normalized spacial score (nSPS) is 13.2. The van der Waals surface area contributed by atoms with E-state index in [1.54, 1.807) is 27.5 Å². The highest BCUT2D eigenvalue weighted by Crippen LogP contribution is 2.27. The van der Waals surface area contributed by atoms with E-state index in [1.807, 2.05) is 80.6 Å². The van der Waals surface area contributed by atoms with Crippen LogP contribution in [0, 0.1) is 0 Å². The summed E-state index contributed by atoms with van der Waals surface area (Å²) >= 11 is 12.7. The number of rotatable bonds is 14. The van der Waals surface area contributed by atoms with E-state index in [1.165, 1.54) is 12.4 Å². The number of nitrogens with one attached hydrogen (secondary N) is 1. The van der Waals surface area contributed by atoms with Crippen molar-refractivity contribution in [2.45, 2.75) is 51.4 Å². The minimum absolute atomic E-state index is 0.0457. The van der Waals surface area contributed by atoms with E-state index >= 15 is 0 Å². The Balaban J connectivity index is 0.000000202. The van der Waals surface area contributed by atoms with E-state index in [0.717, 1.165) is 20.1 Å². The number of aliphatic hydroxyl groups is 2. The molecule has 0 aliphatic carbocycles. The summed E-state index contributed by atoms with van der Waals surface area (Å²) in [5, 5.41) is 30.4. The molecule has 2 amide bonds. The lowest BCUT2D eigenvalue weighted by atomic mass is 10.1. The number of nitrogens with zero attached hydrogens (tertiary/aromatic N) is 4. The Kier molecular flexibility index (Phi) is 16.6. The van der Waals surface area contributed by atoms with Crippen molar-refractivity contribution in [1.29, 1.82) is 0 Å². The highest BCUT2D eigenvalue weighted by Gasteiger charge is 2.22. The second-order valence-corrected chi connectivity index (χ2v) is 14.5. The summed E-state index contributed by atoms with van der Waals surface area (Å²) < 4.78 is 16.2. The van der Waals surface area contributed by atoms with E-state index in [9.17, 15) is 14.7 Å². The van der Waals surface area contributed by atoms with Gasteiger partial charge in [-0.05, 0) is 69.0 Å². The molecule has 6 aromatic rings. The van der Waals surface area contributed by atoms with Gasteiger partial charge in [0.1, 0.15) is 0 Å². The number of fused-ring (bicyclic) bond motifs is 2. The SMILES string of the molecule is C[C@@H](OCc1ccccc1)[C@@H](CO)Nc1c(C(N)=O)cnn2cc(Br)cc12.C[C@@H](OCc1ccccc1)[C@H](N)CO.NC(=O)c1cnn2cc(Br)cc2c1Cl. The van der Waals surface area contributed by atoms with E-state index in [0.29, 0.717) is 35.0 Å². The standard InChI is InChI=1S/C19H21BrN4O3.C11H17NO2.C8H5BrClN3O/c1-12(27-11-13-5-3-2-4-6-13)16(10-25)23-18-15(19(21)26)8-22-24-9-14(20)7-17(18)24;1-9(11(12)7-13)14-8-10-5-3-2-4-6-10;9-4-1-6-7(10)5(8(11)14)2-12-13(6)3-4/h2-9,12,16,23,25H,10-11H2,1H3,(H2,21,26);2-6,9,11,13H,7-8,12H2,1H3;1-3H,(H2,11,14)/t12-,16-;9-,11-;/m11./s1. The van der Waals surface area contributed by atoms with Crippen molar-refractivity contribution in [2.75, 3.05) is 18.5 Å². The Bertz CT molecular complexity index is 2160. The third kappa shape index (κ3) is 12.3. The number of hydrogen-bond acceptors (Lipinski definition) is 10. The minimum Gasteiger partial charge on any atom is -0.395 e. The first-order chi connectivity index (χ1) is 26.3. The Hall–Kier alpha value is -4.39. The molecule has 2 aromatic carbocycles. The Morgan fingerprint density at radius 3 is 1.75 bits per heavy atom.